The van der Waals surface area contributed by atoms with Crippen LogP contribution in [0.25, 0.3) is 6.08 Å². The number of carbonyl (C=O) groups is 1. The first-order valence-electron chi connectivity index (χ1n) is 6.77. The molecule has 6 heteroatoms. The molecule has 1 unspecified atom stereocenters. The number of carboxylic acid groups (broad SMARTS) is 1. The minimum Gasteiger partial charge on any atom is -0.478 e. The van der Waals surface area contributed by atoms with Gasteiger partial charge in [-0.25, -0.2) is 13.2 Å². The molecular weight excluding hydrogens is 290 g/mol. The smallest absolute Gasteiger partial charge is 0.328 e. The highest BCUT2D eigenvalue weighted by Crippen LogP contribution is 2.26. The fraction of sp³-hybridized carbons (Fsp3) is 0.400. The second kappa shape index (κ2) is 5.89. The molecule has 0 bridgehead atoms. The summed E-state index contributed by atoms with van der Waals surface area (Å²) >= 11 is 0. The maximum atomic E-state index is 11.6. The van der Waals surface area contributed by atoms with E-state index < -0.39 is 15.8 Å². The van der Waals surface area contributed by atoms with Crippen LogP contribution in [-0.4, -0.2) is 43.6 Å². The van der Waals surface area contributed by atoms with E-state index in [1.807, 2.05) is 32.0 Å². The van der Waals surface area contributed by atoms with Gasteiger partial charge in [0, 0.05) is 24.4 Å². The fourth-order valence-corrected chi connectivity index (χ4v) is 4.19. The lowest BCUT2D eigenvalue weighted by atomic mass is 10.1. The molecular formula is C15H19NO4S. The fourth-order valence-electron chi connectivity index (χ4n) is 2.63. The summed E-state index contributed by atoms with van der Waals surface area (Å²) in [5.74, 6) is -0.628. The van der Waals surface area contributed by atoms with Crippen molar-refractivity contribution in [2.75, 3.05) is 23.0 Å². The Balaban J connectivity index is 2.23. The molecule has 114 valence electrons. The highest BCUT2D eigenvalue weighted by atomic mass is 32.2. The molecule has 1 saturated heterocycles. The van der Waals surface area contributed by atoms with Crippen molar-refractivity contribution in [1.82, 2.24) is 0 Å². The van der Waals surface area contributed by atoms with Crippen molar-refractivity contribution in [1.29, 1.82) is 0 Å². The molecule has 0 radical (unpaired) electrons. The molecule has 0 aromatic heterocycles. The third kappa shape index (κ3) is 3.85. The Labute approximate surface area is 124 Å². The molecule has 0 spiro atoms. The lowest BCUT2D eigenvalue weighted by Gasteiger charge is -2.36. The molecule has 0 aliphatic carbocycles. The zero-order valence-corrected chi connectivity index (χ0v) is 12.9. The van der Waals surface area contributed by atoms with Crippen LogP contribution in [0.4, 0.5) is 5.69 Å². The number of hydrogen-bond donors (Lipinski definition) is 1. The highest BCUT2D eigenvalue weighted by molar-refractivity contribution is 7.91. The third-order valence-corrected chi connectivity index (χ3v) is 5.41. The van der Waals surface area contributed by atoms with Crippen LogP contribution in [0, 0.1) is 6.92 Å². The van der Waals surface area contributed by atoms with Crippen LogP contribution in [0.3, 0.4) is 0 Å². The van der Waals surface area contributed by atoms with Gasteiger partial charge in [0.2, 0.25) is 0 Å². The number of carboxylic acids is 1. The predicted octanol–water partition coefficient (Wildman–Crippen LogP) is 1.72. The van der Waals surface area contributed by atoms with Crippen LogP contribution >= 0.6 is 0 Å². The van der Waals surface area contributed by atoms with Crippen molar-refractivity contribution in [2.24, 2.45) is 0 Å². The molecule has 1 heterocycles. The molecule has 0 saturated carbocycles. The minimum absolute atomic E-state index is 0.0529. The molecule has 1 atom stereocenters. The van der Waals surface area contributed by atoms with Crippen molar-refractivity contribution in [2.45, 2.75) is 19.9 Å². The van der Waals surface area contributed by atoms with Gasteiger partial charge < -0.3 is 10.0 Å². The summed E-state index contributed by atoms with van der Waals surface area (Å²) in [6.45, 7) is 4.35. The lowest BCUT2D eigenvalue weighted by Crippen LogP contribution is -2.47. The summed E-state index contributed by atoms with van der Waals surface area (Å²) in [6, 6.07) is 5.62. The van der Waals surface area contributed by atoms with E-state index in [1.54, 1.807) is 6.08 Å². The standard InChI is InChI=1S/C15H19NO4S/c1-11-9-13(4-6-15(17)18)3-5-14(11)16-7-8-21(19,20)10-12(16)2/h3-6,9,12H,7-8,10H2,1-2H3,(H,17,18)/b6-4+. The molecule has 2 rings (SSSR count). The van der Waals surface area contributed by atoms with Gasteiger partial charge in [0.15, 0.2) is 9.84 Å². The van der Waals surface area contributed by atoms with E-state index in [0.717, 1.165) is 22.9 Å². The average molecular weight is 309 g/mol. The summed E-state index contributed by atoms with van der Waals surface area (Å²) in [6.07, 6.45) is 2.65. The Morgan fingerprint density at radius 3 is 2.71 bits per heavy atom. The van der Waals surface area contributed by atoms with Gasteiger partial charge in [-0.2, -0.15) is 0 Å². The normalized spacial score (nSPS) is 21.6. The van der Waals surface area contributed by atoms with Gasteiger partial charge >= 0.3 is 5.97 Å². The van der Waals surface area contributed by atoms with Crippen molar-refractivity contribution in [3.05, 3.63) is 35.4 Å². The summed E-state index contributed by atoms with van der Waals surface area (Å²) < 4.78 is 23.3. The molecule has 21 heavy (non-hydrogen) atoms. The van der Waals surface area contributed by atoms with E-state index in [1.165, 1.54) is 0 Å². The summed E-state index contributed by atoms with van der Waals surface area (Å²) in [5.41, 5.74) is 2.83. The largest absolute Gasteiger partial charge is 0.478 e. The van der Waals surface area contributed by atoms with Gasteiger partial charge in [0.25, 0.3) is 0 Å². The van der Waals surface area contributed by atoms with Crippen molar-refractivity contribution in [3.63, 3.8) is 0 Å². The average Bonchev–Trinajstić information content (AvgIpc) is 2.36. The second-order valence-corrected chi connectivity index (χ2v) is 7.60. The molecule has 5 nitrogen and oxygen atoms in total. The first-order chi connectivity index (χ1) is 9.78. The Kier molecular flexibility index (Phi) is 4.37. The second-order valence-electron chi connectivity index (χ2n) is 5.37. The number of rotatable bonds is 3. The Morgan fingerprint density at radius 2 is 2.14 bits per heavy atom. The van der Waals surface area contributed by atoms with Crippen LogP contribution in [0.5, 0.6) is 0 Å². The quantitative estimate of drug-likeness (QED) is 0.861. The number of nitrogens with zero attached hydrogens (tertiary/aromatic N) is 1. The molecule has 1 N–H and O–H groups in total. The Bertz CT molecular complexity index is 679. The monoisotopic (exact) mass is 309 g/mol. The van der Waals surface area contributed by atoms with E-state index in [-0.39, 0.29) is 17.5 Å². The van der Waals surface area contributed by atoms with E-state index in [4.69, 9.17) is 5.11 Å². The van der Waals surface area contributed by atoms with Crippen LogP contribution in [-0.2, 0) is 14.6 Å². The first kappa shape index (κ1) is 15.6. The van der Waals surface area contributed by atoms with Gasteiger partial charge in [-0.15, -0.1) is 0 Å². The van der Waals surface area contributed by atoms with E-state index in [2.05, 4.69) is 4.90 Å². The highest BCUT2D eigenvalue weighted by Gasteiger charge is 2.28. The number of hydrogen-bond acceptors (Lipinski definition) is 4. The van der Waals surface area contributed by atoms with Gasteiger partial charge in [-0.3, -0.25) is 0 Å². The molecule has 1 fully saturated rings. The molecule has 1 aromatic carbocycles. The maximum absolute atomic E-state index is 11.6. The summed E-state index contributed by atoms with van der Waals surface area (Å²) in [5, 5.41) is 8.63. The van der Waals surface area contributed by atoms with Crippen LogP contribution in [0.15, 0.2) is 24.3 Å². The van der Waals surface area contributed by atoms with Gasteiger partial charge in [-0.1, -0.05) is 6.07 Å². The van der Waals surface area contributed by atoms with Crippen LogP contribution in [0.2, 0.25) is 0 Å². The van der Waals surface area contributed by atoms with E-state index in [0.29, 0.717) is 6.54 Å². The number of sulfone groups is 1. The number of anilines is 1. The number of aryl methyl sites for hydroxylation is 1. The first-order valence-corrected chi connectivity index (χ1v) is 8.59. The van der Waals surface area contributed by atoms with Crippen LogP contribution in [0.1, 0.15) is 18.1 Å². The molecule has 1 aromatic rings. The maximum Gasteiger partial charge on any atom is 0.328 e. The van der Waals surface area contributed by atoms with Gasteiger partial charge in [0.1, 0.15) is 0 Å². The summed E-state index contributed by atoms with van der Waals surface area (Å²) in [7, 11) is -2.93. The van der Waals surface area contributed by atoms with Gasteiger partial charge in [-0.05, 0) is 43.2 Å². The number of benzene rings is 1. The minimum atomic E-state index is -2.93. The summed E-state index contributed by atoms with van der Waals surface area (Å²) in [4.78, 5) is 12.6. The topological polar surface area (TPSA) is 74.7 Å². The Hall–Kier alpha value is -1.82. The Morgan fingerprint density at radius 1 is 1.43 bits per heavy atom. The lowest BCUT2D eigenvalue weighted by molar-refractivity contribution is -0.131. The van der Waals surface area contributed by atoms with E-state index >= 15 is 0 Å². The molecule has 1 aliphatic heterocycles. The van der Waals surface area contributed by atoms with Gasteiger partial charge in [0.05, 0.1) is 11.5 Å². The van der Waals surface area contributed by atoms with Crippen LogP contribution < -0.4 is 4.90 Å². The van der Waals surface area contributed by atoms with Crippen molar-refractivity contribution >= 4 is 27.6 Å². The van der Waals surface area contributed by atoms with Crippen molar-refractivity contribution < 1.29 is 18.3 Å². The molecule has 1 aliphatic rings. The third-order valence-electron chi connectivity index (χ3n) is 3.62. The zero-order valence-electron chi connectivity index (χ0n) is 12.1. The van der Waals surface area contributed by atoms with E-state index in [9.17, 15) is 13.2 Å². The number of aliphatic carboxylic acids is 1. The molecule has 0 amide bonds. The van der Waals surface area contributed by atoms with Crippen molar-refractivity contribution in [3.8, 4) is 0 Å². The predicted molar refractivity (Wildman–Crippen MR) is 83.3 cm³/mol. The zero-order chi connectivity index (χ0) is 15.6. The SMILES string of the molecule is Cc1cc(/C=C/C(=O)O)ccc1N1CCS(=O)(=O)CC1C.